The number of aryl methyl sites for hydroxylation is 1. The molecule has 1 aromatic rings. The summed E-state index contributed by atoms with van der Waals surface area (Å²) in [7, 11) is 1.75. The average molecular weight is 227 g/mol. The van der Waals surface area contributed by atoms with Gasteiger partial charge in [0.2, 0.25) is 0 Å². The predicted octanol–water partition coefficient (Wildman–Crippen LogP) is 3.13. The first-order valence-electron chi connectivity index (χ1n) is 5.44. The van der Waals surface area contributed by atoms with Gasteiger partial charge in [-0.05, 0) is 39.3 Å². The molecular formula is C12H21NOS. The van der Waals surface area contributed by atoms with Crippen molar-refractivity contribution >= 4 is 11.3 Å². The second-order valence-corrected chi connectivity index (χ2v) is 5.34. The summed E-state index contributed by atoms with van der Waals surface area (Å²) in [5, 5.41) is 3.57. The van der Waals surface area contributed by atoms with Crippen LogP contribution in [0.3, 0.4) is 0 Å². The van der Waals surface area contributed by atoms with Crippen molar-refractivity contribution in [2.24, 2.45) is 0 Å². The Hall–Kier alpha value is -0.380. The van der Waals surface area contributed by atoms with Gasteiger partial charge < -0.3 is 10.1 Å². The van der Waals surface area contributed by atoms with E-state index < -0.39 is 0 Å². The Balaban J connectivity index is 2.38. The van der Waals surface area contributed by atoms with E-state index >= 15 is 0 Å². The lowest BCUT2D eigenvalue weighted by atomic mass is 10.2. The molecule has 0 aromatic carbocycles. The molecule has 0 aliphatic rings. The van der Waals surface area contributed by atoms with Gasteiger partial charge in [-0.15, -0.1) is 11.3 Å². The maximum absolute atomic E-state index is 5.07. The minimum absolute atomic E-state index is 0.440. The van der Waals surface area contributed by atoms with Crippen molar-refractivity contribution in [3.63, 3.8) is 0 Å². The van der Waals surface area contributed by atoms with Crippen molar-refractivity contribution < 1.29 is 4.74 Å². The van der Waals surface area contributed by atoms with E-state index in [0.717, 1.165) is 13.0 Å². The second kappa shape index (κ2) is 6.26. The van der Waals surface area contributed by atoms with E-state index in [-0.39, 0.29) is 0 Å². The SMILES string of the molecule is COCCC(C)NC(C)c1ccc(C)s1. The van der Waals surface area contributed by atoms with Crippen LogP contribution in [0.15, 0.2) is 12.1 Å². The fourth-order valence-corrected chi connectivity index (χ4v) is 2.46. The van der Waals surface area contributed by atoms with Gasteiger partial charge in [-0.2, -0.15) is 0 Å². The lowest BCUT2D eigenvalue weighted by molar-refractivity contribution is 0.183. The summed E-state index contributed by atoms with van der Waals surface area (Å²) >= 11 is 1.87. The van der Waals surface area contributed by atoms with Crippen LogP contribution in [0.1, 0.15) is 36.1 Å². The molecular weight excluding hydrogens is 206 g/mol. The van der Waals surface area contributed by atoms with Crippen LogP contribution in [0, 0.1) is 6.92 Å². The molecule has 2 nitrogen and oxygen atoms in total. The second-order valence-electron chi connectivity index (χ2n) is 4.02. The number of rotatable bonds is 6. The van der Waals surface area contributed by atoms with E-state index in [9.17, 15) is 0 Å². The first-order chi connectivity index (χ1) is 7.13. The molecule has 0 bridgehead atoms. The Bertz CT molecular complexity index is 285. The molecule has 0 aliphatic heterocycles. The number of methoxy groups -OCH3 is 1. The van der Waals surface area contributed by atoms with E-state index in [2.05, 4.69) is 38.2 Å². The van der Waals surface area contributed by atoms with Crippen LogP contribution >= 0.6 is 11.3 Å². The first-order valence-corrected chi connectivity index (χ1v) is 6.26. The van der Waals surface area contributed by atoms with Crippen LogP contribution in [0.5, 0.6) is 0 Å². The van der Waals surface area contributed by atoms with Crippen molar-refractivity contribution in [1.82, 2.24) is 5.32 Å². The maximum Gasteiger partial charge on any atom is 0.0476 e. The number of hydrogen-bond donors (Lipinski definition) is 1. The van der Waals surface area contributed by atoms with Crippen molar-refractivity contribution in [2.45, 2.75) is 39.3 Å². The smallest absolute Gasteiger partial charge is 0.0476 e. The van der Waals surface area contributed by atoms with Gasteiger partial charge in [-0.25, -0.2) is 0 Å². The van der Waals surface area contributed by atoms with E-state index in [1.807, 2.05) is 11.3 Å². The molecule has 0 amide bonds. The highest BCUT2D eigenvalue weighted by Crippen LogP contribution is 2.22. The lowest BCUT2D eigenvalue weighted by Gasteiger charge is -2.18. The normalized spacial score (nSPS) is 15.2. The number of nitrogens with one attached hydrogen (secondary N) is 1. The van der Waals surface area contributed by atoms with Gasteiger partial charge in [-0.1, -0.05) is 0 Å². The van der Waals surface area contributed by atoms with Crippen molar-refractivity contribution in [2.75, 3.05) is 13.7 Å². The highest BCUT2D eigenvalue weighted by Gasteiger charge is 2.10. The summed E-state index contributed by atoms with van der Waals surface area (Å²) < 4.78 is 5.07. The van der Waals surface area contributed by atoms with Gasteiger partial charge in [0.1, 0.15) is 0 Å². The van der Waals surface area contributed by atoms with Crippen molar-refractivity contribution in [1.29, 1.82) is 0 Å². The van der Waals surface area contributed by atoms with Gasteiger partial charge >= 0.3 is 0 Å². The molecule has 1 heterocycles. The summed E-state index contributed by atoms with van der Waals surface area (Å²) in [6, 6.07) is 5.33. The Labute approximate surface area is 96.7 Å². The zero-order valence-electron chi connectivity index (χ0n) is 10.0. The monoisotopic (exact) mass is 227 g/mol. The third-order valence-corrected chi connectivity index (χ3v) is 3.66. The third kappa shape index (κ3) is 4.33. The molecule has 0 radical (unpaired) electrons. The molecule has 2 unspecified atom stereocenters. The molecule has 1 aromatic heterocycles. The topological polar surface area (TPSA) is 21.3 Å². The van der Waals surface area contributed by atoms with E-state index in [4.69, 9.17) is 4.74 Å². The van der Waals surface area contributed by atoms with E-state index in [1.54, 1.807) is 7.11 Å². The number of hydrogen-bond acceptors (Lipinski definition) is 3. The molecule has 0 saturated carbocycles. The third-order valence-electron chi connectivity index (χ3n) is 2.48. The fourth-order valence-electron chi connectivity index (χ4n) is 1.57. The minimum Gasteiger partial charge on any atom is -0.385 e. The van der Waals surface area contributed by atoms with E-state index in [1.165, 1.54) is 9.75 Å². The highest BCUT2D eigenvalue weighted by atomic mass is 32.1. The highest BCUT2D eigenvalue weighted by molar-refractivity contribution is 7.12. The minimum atomic E-state index is 0.440. The van der Waals surface area contributed by atoms with Crippen LogP contribution in [0.4, 0.5) is 0 Å². The first kappa shape index (κ1) is 12.7. The largest absolute Gasteiger partial charge is 0.385 e. The molecule has 1 rings (SSSR count). The average Bonchev–Trinajstić information content (AvgIpc) is 2.61. The Kier molecular flexibility index (Phi) is 5.29. The predicted molar refractivity (Wildman–Crippen MR) is 66.6 cm³/mol. The molecule has 3 heteroatoms. The van der Waals surface area contributed by atoms with Crippen LogP contribution in [-0.2, 0) is 4.74 Å². The van der Waals surface area contributed by atoms with Crippen molar-refractivity contribution in [3.8, 4) is 0 Å². The molecule has 0 aliphatic carbocycles. The van der Waals surface area contributed by atoms with Crippen LogP contribution < -0.4 is 5.32 Å². The maximum atomic E-state index is 5.07. The zero-order chi connectivity index (χ0) is 11.3. The molecule has 1 N–H and O–H groups in total. The molecule has 0 spiro atoms. The van der Waals surface area contributed by atoms with E-state index in [0.29, 0.717) is 12.1 Å². The fraction of sp³-hybridized carbons (Fsp3) is 0.667. The molecule has 0 saturated heterocycles. The molecule has 15 heavy (non-hydrogen) atoms. The zero-order valence-corrected chi connectivity index (χ0v) is 10.9. The Morgan fingerprint density at radius 2 is 2.13 bits per heavy atom. The Morgan fingerprint density at radius 3 is 2.67 bits per heavy atom. The molecule has 86 valence electrons. The number of ether oxygens (including phenoxy) is 1. The van der Waals surface area contributed by atoms with Crippen LogP contribution in [0.25, 0.3) is 0 Å². The summed E-state index contributed by atoms with van der Waals surface area (Å²) in [6.07, 6.45) is 1.06. The summed E-state index contributed by atoms with van der Waals surface area (Å²) in [4.78, 5) is 2.79. The van der Waals surface area contributed by atoms with Crippen LogP contribution in [-0.4, -0.2) is 19.8 Å². The van der Waals surface area contributed by atoms with Crippen LogP contribution in [0.2, 0.25) is 0 Å². The summed E-state index contributed by atoms with van der Waals surface area (Å²) in [6.45, 7) is 7.39. The lowest BCUT2D eigenvalue weighted by Crippen LogP contribution is -2.29. The molecule has 0 fully saturated rings. The standard InChI is InChI=1S/C12H21NOS/c1-9(7-8-14-4)13-11(3)12-6-5-10(2)15-12/h5-6,9,11,13H,7-8H2,1-4H3. The van der Waals surface area contributed by atoms with Gasteiger partial charge in [0, 0.05) is 35.6 Å². The van der Waals surface area contributed by atoms with Crippen molar-refractivity contribution in [3.05, 3.63) is 21.9 Å². The van der Waals surface area contributed by atoms with Gasteiger partial charge in [-0.3, -0.25) is 0 Å². The molecule has 2 atom stereocenters. The Morgan fingerprint density at radius 1 is 1.40 bits per heavy atom. The summed E-state index contributed by atoms with van der Waals surface area (Å²) in [5.41, 5.74) is 0. The van der Waals surface area contributed by atoms with Gasteiger partial charge in [0.15, 0.2) is 0 Å². The summed E-state index contributed by atoms with van der Waals surface area (Å²) in [5.74, 6) is 0. The number of thiophene rings is 1. The van der Waals surface area contributed by atoms with Gasteiger partial charge in [0.05, 0.1) is 0 Å². The van der Waals surface area contributed by atoms with Gasteiger partial charge in [0.25, 0.3) is 0 Å². The quantitative estimate of drug-likeness (QED) is 0.806.